The molecule has 2 aliphatic carbocycles. The topological polar surface area (TPSA) is 124 Å². The number of amides is 2. The molecular weight excluding hydrogens is 610 g/mol. The van der Waals surface area contributed by atoms with Crippen molar-refractivity contribution in [2.75, 3.05) is 13.2 Å². The first kappa shape index (κ1) is 33.7. The zero-order chi connectivity index (χ0) is 33.2. The van der Waals surface area contributed by atoms with Gasteiger partial charge >= 0.3 is 11.9 Å². The van der Waals surface area contributed by atoms with Crippen molar-refractivity contribution in [2.24, 2.45) is 17.3 Å². The number of nitrogens with one attached hydrogen (secondary N) is 1. The highest BCUT2D eigenvalue weighted by Crippen LogP contribution is 2.46. The number of rotatable bonds is 11. The Labute approximate surface area is 275 Å². The second-order valence-electron chi connectivity index (χ2n) is 13.7. The summed E-state index contributed by atoms with van der Waals surface area (Å²) in [5, 5.41) is 4.20. The summed E-state index contributed by atoms with van der Waals surface area (Å²) in [5.41, 5.74) is -1.18. The van der Waals surface area contributed by atoms with Gasteiger partial charge in [-0.05, 0) is 68.7 Å². The Morgan fingerprint density at radius 3 is 2.57 bits per heavy atom. The Balaban J connectivity index is 1.42. The van der Waals surface area contributed by atoms with Crippen LogP contribution in [0.3, 0.4) is 0 Å². The Morgan fingerprint density at radius 2 is 1.91 bits per heavy atom. The van der Waals surface area contributed by atoms with Gasteiger partial charge in [-0.3, -0.25) is 19.4 Å². The van der Waals surface area contributed by atoms with Gasteiger partial charge in [-0.15, -0.1) is 6.58 Å². The number of likely N-dealkylation sites (tertiary alicyclic amines) is 1. The second kappa shape index (κ2) is 13.6. The Hall–Kier alpha value is -3.66. The highest BCUT2D eigenvalue weighted by molar-refractivity contribution is 6.31. The molecule has 1 aromatic heterocycles. The van der Waals surface area contributed by atoms with Crippen LogP contribution in [0, 0.1) is 17.3 Å². The van der Waals surface area contributed by atoms with E-state index in [1.54, 1.807) is 37.4 Å². The average molecular weight is 654 g/mol. The molecule has 1 N–H and O–H groups in total. The molecule has 2 aromatic rings. The molecule has 0 unspecified atom stereocenters. The van der Waals surface area contributed by atoms with Crippen LogP contribution in [-0.4, -0.2) is 70.6 Å². The second-order valence-corrected chi connectivity index (χ2v) is 14.1. The number of hydrogen-bond donors (Lipinski definition) is 1. The lowest BCUT2D eigenvalue weighted by atomic mass is 9.77. The Bertz CT molecular complexity index is 1500. The molecule has 0 bridgehead atoms. The molecule has 1 aromatic carbocycles. The summed E-state index contributed by atoms with van der Waals surface area (Å²) in [6.07, 6.45) is 6.72. The standard InChI is InChI=1S/C35H44ClN3O7/c1-6-21-19-35(21,33(43)44-7-2)38-31(41)28-17-24(45-29-14-15-37-27-16-22(36)12-13-25(27)29)20-39(28)32(42)26(34(3,4)5)18-30(40)46-23-10-8-9-11-23/h6,12-16,21,23-24,26,28H,1,7-11,17-20H2,2-5H3,(H,38,41)/t21-,24-,26-,28+,35-/m1/s1. The van der Waals surface area contributed by atoms with E-state index in [-0.39, 0.29) is 43.9 Å². The Morgan fingerprint density at radius 1 is 1.17 bits per heavy atom. The first-order valence-corrected chi connectivity index (χ1v) is 16.6. The number of hydrogen-bond acceptors (Lipinski definition) is 8. The minimum Gasteiger partial charge on any atom is -0.488 e. The number of halogens is 1. The monoisotopic (exact) mass is 653 g/mol. The van der Waals surface area contributed by atoms with Crippen LogP contribution in [0.25, 0.3) is 10.9 Å². The molecule has 0 spiro atoms. The normalized spacial score (nSPS) is 25.2. The molecule has 46 heavy (non-hydrogen) atoms. The van der Waals surface area contributed by atoms with E-state index in [4.69, 9.17) is 25.8 Å². The maximum Gasteiger partial charge on any atom is 0.332 e. The lowest BCUT2D eigenvalue weighted by Gasteiger charge is -2.35. The molecule has 2 saturated carbocycles. The third-order valence-electron chi connectivity index (χ3n) is 9.41. The van der Waals surface area contributed by atoms with E-state index >= 15 is 0 Å². The molecule has 11 heteroatoms. The fourth-order valence-electron chi connectivity index (χ4n) is 6.69. The third kappa shape index (κ3) is 7.17. The predicted molar refractivity (Wildman–Crippen MR) is 173 cm³/mol. The van der Waals surface area contributed by atoms with Crippen molar-refractivity contribution in [3.8, 4) is 5.75 Å². The first-order chi connectivity index (χ1) is 21.9. The molecule has 3 fully saturated rings. The zero-order valence-electron chi connectivity index (χ0n) is 27.1. The van der Waals surface area contributed by atoms with Crippen molar-refractivity contribution in [3.63, 3.8) is 0 Å². The summed E-state index contributed by atoms with van der Waals surface area (Å²) in [4.78, 5) is 60.4. The minimum absolute atomic E-state index is 0.101. The van der Waals surface area contributed by atoms with Crippen molar-refractivity contribution >= 4 is 46.3 Å². The number of esters is 2. The molecular formula is C35H44ClN3O7. The highest BCUT2D eigenvalue weighted by atomic mass is 35.5. The summed E-state index contributed by atoms with van der Waals surface area (Å²) in [7, 11) is 0. The third-order valence-corrected chi connectivity index (χ3v) is 9.64. The minimum atomic E-state index is -1.22. The van der Waals surface area contributed by atoms with E-state index in [0.29, 0.717) is 22.7 Å². The van der Waals surface area contributed by atoms with E-state index in [0.717, 1.165) is 31.1 Å². The van der Waals surface area contributed by atoms with Gasteiger partial charge in [0.2, 0.25) is 11.8 Å². The molecule has 2 heterocycles. The number of pyridine rings is 1. The molecule has 0 radical (unpaired) electrons. The van der Waals surface area contributed by atoms with E-state index in [1.165, 1.54) is 4.90 Å². The summed E-state index contributed by atoms with van der Waals surface area (Å²) < 4.78 is 17.5. The van der Waals surface area contributed by atoms with E-state index in [2.05, 4.69) is 16.9 Å². The van der Waals surface area contributed by atoms with Gasteiger partial charge in [0.05, 0.1) is 31.0 Å². The summed E-state index contributed by atoms with van der Waals surface area (Å²) in [5.74, 6) is -2.25. The van der Waals surface area contributed by atoms with Crippen molar-refractivity contribution in [1.29, 1.82) is 0 Å². The van der Waals surface area contributed by atoms with Gasteiger partial charge in [0.1, 0.15) is 29.5 Å². The largest absolute Gasteiger partial charge is 0.488 e. The van der Waals surface area contributed by atoms with Crippen LogP contribution in [0.4, 0.5) is 0 Å². The van der Waals surface area contributed by atoms with Gasteiger partial charge in [-0.2, -0.15) is 0 Å². The molecule has 3 aliphatic rings. The molecule has 1 aliphatic heterocycles. The summed E-state index contributed by atoms with van der Waals surface area (Å²) in [6, 6.07) is 6.09. The van der Waals surface area contributed by atoms with Crippen molar-refractivity contribution < 1.29 is 33.4 Å². The van der Waals surface area contributed by atoms with Crippen LogP contribution < -0.4 is 10.1 Å². The lowest BCUT2D eigenvalue weighted by molar-refractivity contribution is -0.157. The highest BCUT2D eigenvalue weighted by Gasteiger charge is 2.62. The van der Waals surface area contributed by atoms with Gasteiger partial charge in [-0.1, -0.05) is 38.4 Å². The molecule has 10 nitrogen and oxygen atoms in total. The number of fused-ring (bicyclic) bond motifs is 1. The number of aromatic nitrogens is 1. The van der Waals surface area contributed by atoms with Gasteiger partial charge in [-0.25, -0.2) is 4.79 Å². The summed E-state index contributed by atoms with van der Waals surface area (Å²) in [6.45, 7) is 11.5. The zero-order valence-corrected chi connectivity index (χ0v) is 27.8. The fourth-order valence-corrected chi connectivity index (χ4v) is 6.85. The molecule has 2 amide bonds. The molecule has 1 saturated heterocycles. The van der Waals surface area contributed by atoms with Crippen LogP contribution in [0.2, 0.25) is 5.02 Å². The van der Waals surface area contributed by atoms with Crippen molar-refractivity contribution in [2.45, 2.75) is 96.4 Å². The van der Waals surface area contributed by atoms with Crippen molar-refractivity contribution in [3.05, 3.63) is 48.1 Å². The maximum absolute atomic E-state index is 14.4. The van der Waals surface area contributed by atoms with E-state index in [9.17, 15) is 19.2 Å². The summed E-state index contributed by atoms with van der Waals surface area (Å²) >= 11 is 6.18. The van der Waals surface area contributed by atoms with E-state index < -0.39 is 46.9 Å². The Kier molecular flexibility index (Phi) is 9.96. The van der Waals surface area contributed by atoms with Gasteiger partial charge in [0, 0.05) is 28.9 Å². The van der Waals surface area contributed by atoms with Crippen LogP contribution in [-0.2, 0) is 28.7 Å². The number of carbonyl (C=O) groups excluding carboxylic acids is 4. The first-order valence-electron chi connectivity index (χ1n) is 16.2. The number of nitrogens with zero attached hydrogens (tertiary/aromatic N) is 2. The molecule has 5 rings (SSSR count). The maximum atomic E-state index is 14.4. The van der Waals surface area contributed by atoms with Crippen LogP contribution in [0.5, 0.6) is 5.75 Å². The van der Waals surface area contributed by atoms with Gasteiger partial charge < -0.3 is 24.4 Å². The molecule has 5 atom stereocenters. The number of ether oxygens (including phenoxy) is 3. The van der Waals surface area contributed by atoms with Crippen molar-refractivity contribution in [1.82, 2.24) is 15.2 Å². The smallest absolute Gasteiger partial charge is 0.332 e. The lowest BCUT2D eigenvalue weighted by Crippen LogP contribution is -2.55. The number of carbonyl (C=O) groups is 4. The fraction of sp³-hybridized carbons (Fsp3) is 0.571. The van der Waals surface area contributed by atoms with Crippen LogP contribution in [0.1, 0.15) is 72.6 Å². The number of benzene rings is 1. The van der Waals surface area contributed by atoms with Crippen LogP contribution in [0.15, 0.2) is 43.1 Å². The van der Waals surface area contributed by atoms with Crippen LogP contribution >= 0.6 is 11.6 Å². The molecule has 248 valence electrons. The predicted octanol–water partition coefficient (Wildman–Crippen LogP) is 5.40. The quantitative estimate of drug-likeness (QED) is 0.253. The van der Waals surface area contributed by atoms with Gasteiger partial charge in [0.15, 0.2) is 0 Å². The van der Waals surface area contributed by atoms with Gasteiger partial charge in [0.25, 0.3) is 0 Å². The average Bonchev–Trinajstić information content (AvgIpc) is 3.28. The van der Waals surface area contributed by atoms with E-state index in [1.807, 2.05) is 26.8 Å². The SMILES string of the molecule is C=C[C@@H]1C[C@]1(NC(=O)[C@@H]1C[C@@H](Oc2ccnc3cc(Cl)ccc23)CN1C(=O)[C@@H](CC(=O)OC1CCCC1)C(C)(C)C)C(=O)OCC.